The number of likely N-dealkylation sites (tertiary alicyclic amines) is 1. The highest BCUT2D eigenvalue weighted by Crippen LogP contribution is 2.38. The van der Waals surface area contributed by atoms with Crippen LogP contribution >= 0.6 is 38.6 Å². The Labute approximate surface area is 238 Å². The van der Waals surface area contributed by atoms with Crippen molar-refractivity contribution in [1.29, 1.82) is 0 Å². The molecule has 0 atom stereocenters. The van der Waals surface area contributed by atoms with E-state index >= 15 is 0 Å². The quantitative estimate of drug-likeness (QED) is 0.248. The van der Waals surface area contributed by atoms with Crippen LogP contribution in [0.4, 0.5) is 13.2 Å². The van der Waals surface area contributed by atoms with Crippen LogP contribution in [-0.4, -0.2) is 51.3 Å². The minimum Gasteiger partial charge on any atom is -0.475 e. The maximum atomic E-state index is 12.6. The van der Waals surface area contributed by atoms with Gasteiger partial charge in [-0.25, -0.2) is 9.78 Å². The number of carboxylic acids is 1. The number of alkyl halides is 3. The minimum atomic E-state index is -5.08. The highest BCUT2D eigenvalue weighted by atomic mass is 79.9. The van der Waals surface area contributed by atoms with Gasteiger partial charge in [0.2, 0.25) is 5.91 Å². The second-order valence-corrected chi connectivity index (χ2v) is 11.6. The average Bonchev–Trinajstić information content (AvgIpc) is 3.65. The Morgan fingerprint density at radius 2 is 1.90 bits per heavy atom. The summed E-state index contributed by atoms with van der Waals surface area (Å²) in [6.07, 6.45) is -2.68. The van der Waals surface area contributed by atoms with Gasteiger partial charge >= 0.3 is 12.1 Å². The van der Waals surface area contributed by atoms with Crippen LogP contribution < -0.4 is 0 Å². The number of hydrogen-bond donors (Lipinski definition) is 1. The normalized spacial score (nSPS) is 14.1. The number of amides is 1. The Kier molecular flexibility index (Phi) is 9.23. The van der Waals surface area contributed by atoms with Crippen molar-refractivity contribution in [2.45, 2.75) is 38.3 Å². The van der Waals surface area contributed by atoms with Crippen LogP contribution in [0, 0.1) is 6.92 Å². The van der Waals surface area contributed by atoms with Crippen molar-refractivity contribution in [3.63, 3.8) is 0 Å². The second kappa shape index (κ2) is 12.4. The summed E-state index contributed by atoms with van der Waals surface area (Å²) in [5, 5.41) is 16.7. The lowest BCUT2D eigenvalue weighted by Gasteiger charge is -2.31. The number of aryl methyl sites for hydroxylation is 1. The number of carboxylic acid groups (broad SMARTS) is 1. The molecular formula is C26H23BrF3N3O4S2. The summed E-state index contributed by atoms with van der Waals surface area (Å²) >= 11 is 6.87. The zero-order chi connectivity index (χ0) is 28.2. The predicted molar refractivity (Wildman–Crippen MR) is 146 cm³/mol. The van der Waals surface area contributed by atoms with Gasteiger partial charge in [0.25, 0.3) is 0 Å². The van der Waals surface area contributed by atoms with Crippen molar-refractivity contribution < 1.29 is 32.4 Å². The van der Waals surface area contributed by atoms with E-state index in [1.165, 1.54) is 0 Å². The van der Waals surface area contributed by atoms with Crippen molar-refractivity contribution in [1.82, 2.24) is 15.0 Å². The van der Waals surface area contributed by atoms with Gasteiger partial charge in [0.15, 0.2) is 0 Å². The lowest BCUT2D eigenvalue weighted by Crippen LogP contribution is -2.38. The number of thiazole rings is 1. The molecule has 1 aliphatic heterocycles. The number of carbonyl (C=O) groups is 2. The predicted octanol–water partition coefficient (Wildman–Crippen LogP) is 7.18. The van der Waals surface area contributed by atoms with Crippen molar-refractivity contribution in [3.05, 3.63) is 67.3 Å². The number of halogens is 4. The van der Waals surface area contributed by atoms with E-state index in [1.807, 2.05) is 53.6 Å². The van der Waals surface area contributed by atoms with Gasteiger partial charge < -0.3 is 14.5 Å². The van der Waals surface area contributed by atoms with Crippen molar-refractivity contribution in [2.75, 3.05) is 13.1 Å². The number of nitrogens with zero attached hydrogens (tertiary/aromatic N) is 3. The Balaban J connectivity index is 0.000000448. The average molecular weight is 643 g/mol. The van der Waals surface area contributed by atoms with Crippen LogP contribution in [-0.2, 0) is 16.0 Å². The van der Waals surface area contributed by atoms with Gasteiger partial charge in [0.1, 0.15) is 11.5 Å². The van der Waals surface area contributed by atoms with E-state index in [4.69, 9.17) is 19.4 Å². The molecule has 1 fully saturated rings. The molecule has 0 unspecified atom stereocenters. The first-order valence-electron chi connectivity index (χ1n) is 11.8. The van der Waals surface area contributed by atoms with Gasteiger partial charge in [-0.05, 0) is 43.3 Å². The summed E-state index contributed by atoms with van der Waals surface area (Å²) in [6.45, 7) is 3.51. The van der Waals surface area contributed by atoms with E-state index in [0.717, 1.165) is 68.6 Å². The molecule has 1 aliphatic rings. The summed E-state index contributed by atoms with van der Waals surface area (Å²) in [5.74, 6) is -1.38. The Bertz CT molecular complexity index is 1430. The van der Waals surface area contributed by atoms with Gasteiger partial charge in [-0.1, -0.05) is 39.3 Å². The van der Waals surface area contributed by atoms with Crippen LogP contribution in [0.5, 0.6) is 0 Å². The molecule has 1 aromatic carbocycles. The third-order valence-electron chi connectivity index (χ3n) is 6.08. The third kappa shape index (κ3) is 7.34. The molecule has 0 aliphatic carbocycles. The zero-order valence-electron chi connectivity index (χ0n) is 20.6. The number of aromatic nitrogens is 2. The summed E-state index contributed by atoms with van der Waals surface area (Å²) in [5.41, 5.74) is 3.68. The largest absolute Gasteiger partial charge is 0.490 e. The van der Waals surface area contributed by atoms with E-state index in [9.17, 15) is 18.0 Å². The fourth-order valence-corrected chi connectivity index (χ4v) is 6.22. The van der Waals surface area contributed by atoms with E-state index in [2.05, 4.69) is 26.5 Å². The number of hydrogen-bond acceptors (Lipinski definition) is 7. The smallest absolute Gasteiger partial charge is 0.475 e. The van der Waals surface area contributed by atoms with Gasteiger partial charge in [-0.2, -0.15) is 13.2 Å². The molecule has 1 amide bonds. The van der Waals surface area contributed by atoms with Crippen LogP contribution in [0.15, 0.2) is 56.2 Å². The maximum Gasteiger partial charge on any atom is 0.490 e. The van der Waals surface area contributed by atoms with Crippen molar-refractivity contribution in [2.24, 2.45) is 0 Å². The van der Waals surface area contributed by atoms with Crippen molar-refractivity contribution in [3.8, 4) is 22.5 Å². The third-order valence-corrected chi connectivity index (χ3v) is 8.46. The topological polar surface area (TPSA) is 96.5 Å². The second-order valence-electron chi connectivity index (χ2n) is 8.76. The molecule has 4 heterocycles. The lowest BCUT2D eigenvalue weighted by atomic mass is 9.97. The minimum absolute atomic E-state index is 0.226. The number of thiophene rings is 1. The number of piperidine rings is 1. The molecule has 7 nitrogen and oxygen atoms in total. The van der Waals surface area contributed by atoms with Crippen LogP contribution in [0.25, 0.3) is 22.5 Å². The molecule has 0 saturated carbocycles. The summed E-state index contributed by atoms with van der Waals surface area (Å²) in [4.78, 5) is 29.6. The van der Waals surface area contributed by atoms with Crippen LogP contribution in [0.3, 0.4) is 0 Å². The summed E-state index contributed by atoms with van der Waals surface area (Å²) in [6, 6.07) is 12.1. The van der Waals surface area contributed by atoms with Gasteiger partial charge in [-0.3, -0.25) is 4.79 Å². The molecule has 5 rings (SSSR count). The first-order chi connectivity index (χ1) is 18.5. The molecule has 3 aromatic heterocycles. The SMILES string of the molecule is Cc1onc(-c2cccc(Br)c2)c1-c1csc(C2CCN(C(=O)Cc3cccs3)CC2)n1.O=C(O)C(F)(F)F. The fraction of sp³-hybridized carbons (Fsp3) is 0.308. The monoisotopic (exact) mass is 641 g/mol. The highest BCUT2D eigenvalue weighted by molar-refractivity contribution is 9.10. The van der Waals surface area contributed by atoms with Gasteiger partial charge in [0, 0.05) is 39.3 Å². The molecule has 1 N–H and O–H groups in total. The molecule has 13 heteroatoms. The van der Waals surface area contributed by atoms with Crippen LogP contribution in [0.1, 0.15) is 34.4 Å². The van der Waals surface area contributed by atoms with E-state index in [-0.39, 0.29) is 5.91 Å². The molecule has 39 heavy (non-hydrogen) atoms. The molecule has 0 bridgehead atoms. The fourth-order valence-electron chi connectivity index (χ4n) is 4.15. The molecule has 0 radical (unpaired) electrons. The summed E-state index contributed by atoms with van der Waals surface area (Å²) < 4.78 is 38.3. The van der Waals surface area contributed by atoms with E-state index in [0.29, 0.717) is 12.3 Å². The molecule has 1 saturated heterocycles. The molecule has 4 aromatic rings. The molecule has 206 valence electrons. The van der Waals surface area contributed by atoms with Crippen molar-refractivity contribution >= 4 is 50.5 Å². The number of carbonyl (C=O) groups excluding carboxylic acids is 1. The first kappa shape index (κ1) is 29.0. The Hall–Kier alpha value is -3.03. The van der Waals surface area contributed by atoms with Crippen LogP contribution in [0.2, 0.25) is 0 Å². The highest BCUT2D eigenvalue weighted by Gasteiger charge is 2.38. The number of rotatable bonds is 5. The number of benzene rings is 1. The number of aliphatic carboxylic acids is 1. The van der Waals surface area contributed by atoms with E-state index < -0.39 is 12.1 Å². The van der Waals surface area contributed by atoms with Gasteiger partial charge in [-0.15, -0.1) is 22.7 Å². The molecular weight excluding hydrogens is 619 g/mol. The first-order valence-corrected chi connectivity index (χ1v) is 14.4. The molecule has 0 spiro atoms. The zero-order valence-corrected chi connectivity index (χ0v) is 23.8. The standard InChI is InChI=1S/C24H22BrN3O2S2.C2HF3O2/c1-15-22(23(27-30-15)17-4-2-5-18(25)12-17)20-14-32-24(26-20)16-7-9-28(10-8-16)21(29)13-19-6-3-11-31-19;3-2(4,5)1(6)7/h2-6,11-12,14,16H,7-10,13H2,1H3;(H,6,7). The maximum absolute atomic E-state index is 12.6. The van der Waals surface area contributed by atoms with E-state index in [1.54, 1.807) is 22.7 Å². The Morgan fingerprint density at radius 3 is 2.51 bits per heavy atom. The lowest BCUT2D eigenvalue weighted by molar-refractivity contribution is -0.192. The van der Waals surface area contributed by atoms with Gasteiger partial charge in [0.05, 0.1) is 22.7 Å². The Morgan fingerprint density at radius 1 is 1.18 bits per heavy atom. The summed E-state index contributed by atoms with van der Waals surface area (Å²) in [7, 11) is 0.